The smallest absolute Gasteiger partial charge is 0.264 e. The van der Waals surface area contributed by atoms with E-state index in [-0.39, 0.29) is 23.0 Å². The van der Waals surface area contributed by atoms with E-state index in [0.717, 1.165) is 22.7 Å². The van der Waals surface area contributed by atoms with E-state index in [1.165, 1.54) is 125 Å². The topological polar surface area (TPSA) is 9.72 Å². The zero-order valence-electron chi connectivity index (χ0n) is 48.8. The third kappa shape index (κ3) is 8.37. The monoisotopic (exact) mass is 1090 g/mol. The number of hydrogen-bond donors (Lipinski definition) is 0. The van der Waals surface area contributed by atoms with Crippen LogP contribution in [0.2, 0.25) is 0 Å². The van der Waals surface area contributed by atoms with Crippen molar-refractivity contribution in [3.63, 3.8) is 0 Å². The lowest BCUT2D eigenvalue weighted by Gasteiger charge is -2.44. The van der Waals surface area contributed by atoms with Crippen molar-refractivity contribution in [3.05, 3.63) is 253 Å². The first-order valence-electron chi connectivity index (χ1n) is 29.4. The molecule has 0 N–H and O–H groups in total. The highest BCUT2D eigenvalue weighted by molar-refractivity contribution is 7.33. The van der Waals surface area contributed by atoms with Gasteiger partial charge in [0.25, 0.3) is 6.71 Å². The van der Waals surface area contributed by atoms with Gasteiger partial charge in [-0.1, -0.05) is 202 Å². The second-order valence-corrected chi connectivity index (χ2v) is 27.3. The number of benzene rings is 12. The molecule has 402 valence electrons. The Labute approximate surface area is 493 Å². The van der Waals surface area contributed by atoms with Crippen LogP contribution in [0.4, 0.5) is 51.2 Å². The maximum atomic E-state index is 2.64. The van der Waals surface area contributed by atoms with Gasteiger partial charge in [-0.05, 0) is 190 Å². The molecule has 3 heterocycles. The molecule has 1 aromatic heterocycles. The molecule has 0 bridgehead atoms. The van der Waals surface area contributed by atoms with Crippen molar-refractivity contribution in [3.8, 4) is 22.3 Å². The van der Waals surface area contributed by atoms with Gasteiger partial charge in [0.2, 0.25) is 0 Å². The van der Waals surface area contributed by atoms with E-state index in [1.807, 2.05) is 11.3 Å². The molecule has 0 radical (unpaired) electrons. The van der Waals surface area contributed by atoms with Crippen LogP contribution in [-0.2, 0) is 16.2 Å². The summed E-state index contributed by atoms with van der Waals surface area (Å²) in [5.41, 5.74) is 21.7. The summed E-state index contributed by atoms with van der Waals surface area (Å²) >= 11 is 1.97. The summed E-state index contributed by atoms with van der Waals surface area (Å²) in [5, 5.41) is 9.03. The highest BCUT2D eigenvalue weighted by Gasteiger charge is 2.46. The molecular weight excluding hydrogens is 1020 g/mol. The molecule has 15 rings (SSSR count). The normalized spacial score (nSPS) is 13.3. The molecule has 5 heteroatoms. The first-order chi connectivity index (χ1) is 40.0. The number of anilines is 9. The van der Waals surface area contributed by atoms with Gasteiger partial charge >= 0.3 is 0 Å². The first-order valence-corrected chi connectivity index (χ1v) is 30.2. The molecule has 3 nitrogen and oxygen atoms in total. The third-order valence-electron chi connectivity index (χ3n) is 17.8. The van der Waals surface area contributed by atoms with Gasteiger partial charge < -0.3 is 14.7 Å². The molecule has 0 saturated heterocycles. The fourth-order valence-corrected chi connectivity index (χ4v) is 14.7. The third-order valence-corrected chi connectivity index (χ3v) is 19.0. The second kappa shape index (κ2) is 18.8. The summed E-state index contributed by atoms with van der Waals surface area (Å²) in [6, 6.07) is 90.0. The molecule has 0 aliphatic carbocycles. The predicted octanol–water partition coefficient (Wildman–Crippen LogP) is 20.6. The molecule has 0 unspecified atom stereocenters. The zero-order valence-corrected chi connectivity index (χ0v) is 49.7. The summed E-state index contributed by atoms with van der Waals surface area (Å²) in [4.78, 5) is 7.68. The van der Waals surface area contributed by atoms with Crippen molar-refractivity contribution >= 4 is 127 Å². The maximum Gasteiger partial charge on any atom is 0.264 e. The molecule has 12 aromatic carbocycles. The molecule has 13 aromatic rings. The van der Waals surface area contributed by atoms with Crippen LogP contribution in [0, 0.1) is 0 Å². The van der Waals surface area contributed by atoms with E-state index in [0.29, 0.717) is 0 Å². The Morgan fingerprint density at radius 1 is 0.373 bits per heavy atom. The van der Waals surface area contributed by atoms with Crippen molar-refractivity contribution in [2.24, 2.45) is 0 Å². The molecule has 0 atom stereocenters. The summed E-state index contributed by atoms with van der Waals surface area (Å²) in [6.07, 6.45) is 0. The fourth-order valence-electron chi connectivity index (χ4n) is 13.4. The Balaban J connectivity index is 1.02. The number of rotatable bonds is 7. The van der Waals surface area contributed by atoms with Crippen LogP contribution in [0.1, 0.15) is 79.0 Å². The van der Waals surface area contributed by atoms with Crippen LogP contribution in [0.3, 0.4) is 0 Å². The molecule has 2 aliphatic heterocycles. The van der Waals surface area contributed by atoms with Crippen molar-refractivity contribution in [1.29, 1.82) is 0 Å². The van der Waals surface area contributed by atoms with E-state index in [1.54, 1.807) is 0 Å². The van der Waals surface area contributed by atoms with Gasteiger partial charge in [0.15, 0.2) is 0 Å². The Hall–Kier alpha value is -8.90. The summed E-state index contributed by atoms with van der Waals surface area (Å²) < 4.78 is 2.67. The molecule has 0 spiro atoms. The lowest BCUT2D eigenvalue weighted by atomic mass is 9.36. The summed E-state index contributed by atoms with van der Waals surface area (Å²) in [7, 11) is 0. The van der Waals surface area contributed by atoms with Gasteiger partial charge in [-0.3, -0.25) is 0 Å². The molecule has 0 saturated carbocycles. The lowest BCUT2D eigenvalue weighted by molar-refractivity contribution is 0.590. The Kier molecular flexibility index (Phi) is 11.6. The van der Waals surface area contributed by atoms with Crippen LogP contribution in [-0.4, -0.2) is 6.71 Å². The second-order valence-electron chi connectivity index (χ2n) is 26.2. The minimum Gasteiger partial charge on any atom is -0.311 e. The highest BCUT2D eigenvalue weighted by atomic mass is 32.1. The Bertz CT molecular complexity index is 4610. The average Bonchev–Trinajstić information content (AvgIpc) is 2.68. The summed E-state index contributed by atoms with van der Waals surface area (Å²) in [6.45, 7) is 20.9. The van der Waals surface area contributed by atoms with Crippen LogP contribution in [0.15, 0.2) is 237 Å². The number of thiophene rings is 1. The van der Waals surface area contributed by atoms with Crippen LogP contribution >= 0.6 is 11.3 Å². The van der Waals surface area contributed by atoms with E-state index in [2.05, 4.69) is 314 Å². The van der Waals surface area contributed by atoms with Crippen molar-refractivity contribution in [2.45, 2.75) is 78.6 Å². The molecule has 2 aliphatic rings. The Morgan fingerprint density at radius 2 is 0.916 bits per heavy atom. The summed E-state index contributed by atoms with van der Waals surface area (Å²) in [5.74, 6) is 0. The van der Waals surface area contributed by atoms with Crippen molar-refractivity contribution in [2.75, 3.05) is 14.7 Å². The van der Waals surface area contributed by atoms with Crippen molar-refractivity contribution in [1.82, 2.24) is 0 Å². The van der Waals surface area contributed by atoms with E-state index in [9.17, 15) is 0 Å². The number of fused-ring (bicyclic) bond motifs is 6. The van der Waals surface area contributed by atoms with E-state index < -0.39 is 0 Å². The van der Waals surface area contributed by atoms with Gasteiger partial charge in [0.05, 0.1) is 11.4 Å². The van der Waals surface area contributed by atoms with Crippen LogP contribution in [0.25, 0.3) is 64.7 Å². The van der Waals surface area contributed by atoms with Crippen LogP contribution < -0.4 is 30.4 Å². The standard InChI is InChI=1S/C78H66BN3S/c1-76(2,3)56-32-38-61(39-33-56)81-67-24-17-25-68-73(67)79(75-74(81)64-47-58(78(7,8)9)35-43-70(64)83-75)65-41-40-62(80(59-22-14-11-15-23-59)60-36-30-50(31-37-60)49-18-12-10-13-19-49)48-69(65)82(68)66-42-34-57(77(4,5)6)46-63(66)55-44-53-28-26-51-20-16-21-52-27-29-54(45-55)72(53)71(51)52/h10-48H,1-9H3. The molecule has 83 heavy (non-hydrogen) atoms. The number of hydrogen-bond acceptors (Lipinski definition) is 4. The molecule has 0 amide bonds. The van der Waals surface area contributed by atoms with Gasteiger partial charge in [-0.15, -0.1) is 11.3 Å². The largest absolute Gasteiger partial charge is 0.311 e. The maximum absolute atomic E-state index is 2.64. The van der Waals surface area contributed by atoms with Gasteiger partial charge in [0, 0.05) is 60.2 Å². The Morgan fingerprint density at radius 3 is 1.58 bits per heavy atom. The molecular formula is C78H66BN3S. The van der Waals surface area contributed by atoms with E-state index in [4.69, 9.17) is 0 Å². The number of para-hydroxylation sites is 1. The predicted molar refractivity (Wildman–Crippen MR) is 361 cm³/mol. The lowest BCUT2D eigenvalue weighted by Crippen LogP contribution is -2.60. The minimum absolute atomic E-state index is 0.0140. The highest BCUT2D eigenvalue weighted by Crippen LogP contribution is 2.52. The first kappa shape index (κ1) is 51.0. The zero-order chi connectivity index (χ0) is 56.7. The quantitative estimate of drug-likeness (QED) is 0.116. The molecule has 0 fully saturated rings. The van der Waals surface area contributed by atoms with E-state index >= 15 is 0 Å². The van der Waals surface area contributed by atoms with Crippen molar-refractivity contribution < 1.29 is 0 Å². The van der Waals surface area contributed by atoms with Gasteiger partial charge in [-0.25, -0.2) is 0 Å². The van der Waals surface area contributed by atoms with Gasteiger partial charge in [0.1, 0.15) is 0 Å². The fraction of sp³-hybridized carbons (Fsp3) is 0.154. The minimum atomic E-state index is -0.104. The van der Waals surface area contributed by atoms with Crippen LogP contribution in [0.5, 0.6) is 0 Å². The number of nitrogens with zero attached hydrogens (tertiary/aromatic N) is 3. The van der Waals surface area contributed by atoms with Gasteiger partial charge in [-0.2, -0.15) is 0 Å². The SMILES string of the molecule is CC(C)(C)c1ccc(N2c3cccc4c3B(c3ccc(N(c5ccccc5)c5ccc(-c6ccccc6)cc5)cc3N4c3ccc(C(C)(C)C)cc3-c3cc4ccc5cccc6ccc(c3)c4c56)c3sc4ccc(C(C)(C)C)cc4c32)cc1. The average molecular weight is 1090 g/mol.